The van der Waals surface area contributed by atoms with Crippen LogP contribution in [0, 0.1) is 25.2 Å². The quantitative estimate of drug-likeness (QED) is 0.418. The summed E-state index contributed by atoms with van der Waals surface area (Å²) in [7, 11) is 3.43. The second-order valence-corrected chi connectivity index (χ2v) is 10.7. The summed E-state index contributed by atoms with van der Waals surface area (Å²) in [6.45, 7) is 5.59. The van der Waals surface area contributed by atoms with E-state index in [2.05, 4.69) is 11.4 Å². The van der Waals surface area contributed by atoms with Crippen molar-refractivity contribution in [2.45, 2.75) is 38.8 Å². The molecule has 2 atom stereocenters. The van der Waals surface area contributed by atoms with E-state index in [0.717, 1.165) is 58.6 Å². The average Bonchev–Trinajstić information content (AvgIpc) is 3.43. The Hall–Kier alpha value is -3.86. The van der Waals surface area contributed by atoms with E-state index >= 15 is 0 Å². The van der Waals surface area contributed by atoms with Gasteiger partial charge in [0.05, 0.1) is 24.7 Å². The van der Waals surface area contributed by atoms with Crippen molar-refractivity contribution in [3.63, 3.8) is 0 Å². The Morgan fingerprint density at radius 3 is 2.74 bits per heavy atom. The van der Waals surface area contributed by atoms with Gasteiger partial charge in [0.15, 0.2) is 0 Å². The third-order valence-electron chi connectivity index (χ3n) is 7.49. The predicted octanol–water partition coefficient (Wildman–Crippen LogP) is 5.94. The number of hydrogen-bond acceptors (Lipinski definition) is 6. The van der Waals surface area contributed by atoms with Crippen molar-refractivity contribution in [2.24, 2.45) is 4.99 Å². The van der Waals surface area contributed by atoms with Crippen LogP contribution < -0.4 is 15.0 Å². The number of anilines is 1. The van der Waals surface area contributed by atoms with Gasteiger partial charge < -0.3 is 19.9 Å². The Morgan fingerprint density at radius 1 is 1.23 bits per heavy atom. The summed E-state index contributed by atoms with van der Waals surface area (Å²) in [5.41, 5.74) is 6.44. The number of para-hydroxylation sites is 1. The number of aryl methyl sites for hydroxylation is 2. The number of amides is 1. The number of nitrogens with zero attached hydrogens (tertiary/aromatic N) is 4. The highest BCUT2D eigenvalue weighted by molar-refractivity contribution is 6.31. The lowest BCUT2D eigenvalue weighted by atomic mass is 9.90. The third kappa shape index (κ3) is 5.23. The fraction of sp³-hybridized carbons (Fsp3) is 0.323. The van der Waals surface area contributed by atoms with Gasteiger partial charge in [0, 0.05) is 41.5 Å². The van der Waals surface area contributed by atoms with E-state index in [0.29, 0.717) is 22.9 Å². The molecule has 0 aliphatic carbocycles. The molecular formula is C31H32ClN5O2. The third-order valence-corrected chi connectivity index (χ3v) is 7.71. The molecule has 0 bridgehead atoms. The highest BCUT2D eigenvalue weighted by atomic mass is 35.5. The lowest BCUT2D eigenvalue weighted by molar-refractivity contribution is -0.131. The van der Waals surface area contributed by atoms with Crippen molar-refractivity contribution in [1.29, 1.82) is 5.26 Å². The molecule has 1 fully saturated rings. The normalized spacial score (nSPS) is 18.0. The van der Waals surface area contributed by atoms with Crippen molar-refractivity contribution in [2.75, 3.05) is 32.1 Å². The summed E-state index contributed by atoms with van der Waals surface area (Å²) in [5.74, 6) is 0.484. The summed E-state index contributed by atoms with van der Waals surface area (Å²) < 4.78 is 5.67. The maximum atomic E-state index is 14.3. The van der Waals surface area contributed by atoms with Crippen LogP contribution in [-0.2, 0) is 4.79 Å². The van der Waals surface area contributed by atoms with E-state index in [4.69, 9.17) is 21.3 Å². The molecular weight excluding hydrogens is 510 g/mol. The number of carbonyl (C=O) groups is 1. The number of rotatable bonds is 6. The standard InChI is InChI=1S/C31H32ClN5O2/c1-19-11-22(32)14-24(12-19)37-18-35-28-13-20(2)26(25-9-5-7-21(16-33)30(25)39-4)15-27(28)29(37)31(38)36(3)17-23-8-6-10-34-23/h5,7,9,11-15,18,23,29,34H,6,8,10,17H2,1-4H3/t23-,29?/m0/s1. The van der Waals surface area contributed by atoms with Gasteiger partial charge in [-0.3, -0.25) is 4.79 Å². The number of ether oxygens (including phenoxy) is 1. The number of carbonyl (C=O) groups excluding carboxylic acids is 1. The van der Waals surface area contributed by atoms with Crippen LogP contribution in [0.3, 0.4) is 0 Å². The highest BCUT2D eigenvalue weighted by Gasteiger charge is 2.36. The Labute approximate surface area is 234 Å². The lowest BCUT2D eigenvalue weighted by Crippen LogP contribution is -2.46. The topological polar surface area (TPSA) is 81.0 Å². The first-order chi connectivity index (χ1) is 18.8. The van der Waals surface area contributed by atoms with E-state index in [-0.39, 0.29) is 11.9 Å². The maximum absolute atomic E-state index is 14.3. The summed E-state index contributed by atoms with van der Waals surface area (Å²) in [4.78, 5) is 22.7. The summed E-state index contributed by atoms with van der Waals surface area (Å²) in [5, 5.41) is 13.7. The zero-order valence-corrected chi connectivity index (χ0v) is 23.4. The predicted molar refractivity (Wildman–Crippen MR) is 156 cm³/mol. The molecule has 1 unspecified atom stereocenters. The van der Waals surface area contributed by atoms with Crippen LogP contribution in [0.1, 0.15) is 41.1 Å². The number of benzene rings is 3. The van der Waals surface area contributed by atoms with Gasteiger partial charge in [-0.25, -0.2) is 4.99 Å². The number of nitriles is 1. The summed E-state index contributed by atoms with van der Waals surface area (Å²) in [6, 6.07) is 17.2. The van der Waals surface area contributed by atoms with Crippen LogP contribution in [0.4, 0.5) is 11.4 Å². The molecule has 200 valence electrons. The molecule has 1 saturated heterocycles. The van der Waals surface area contributed by atoms with Crippen molar-refractivity contribution < 1.29 is 9.53 Å². The van der Waals surface area contributed by atoms with Gasteiger partial charge in [0.2, 0.25) is 5.91 Å². The minimum Gasteiger partial charge on any atom is -0.495 e. The molecule has 0 saturated carbocycles. The van der Waals surface area contributed by atoms with Gasteiger partial charge in [-0.05, 0) is 86.3 Å². The van der Waals surface area contributed by atoms with Crippen LogP contribution in [-0.4, -0.2) is 50.4 Å². The molecule has 3 aromatic carbocycles. The molecule has 2 aliphatic heterocycles. The molecule has 3 aromatic rings. The van der Waals surface area contributed by atoms with Crippen LogP contribution in [0.5, 0.6) is 5.75 Å². The van der Waals surface area contributed by atoms with E-state index in [9.17, 15) is 10.1 Å². The van der Waals surface area contributed by atoms with Crippen LogP contribution in [0.2, 0.25) is 5.02 Å². The zero-order chi connectivity index (χ0) is 27.7. The van der Waals surface area contributed by atoms with Crippen molar-refractivity contribution >= 4 is 35.2 Å². The van der Waals surface area contributed by atoms with E-state index in [1.165, 1.54) is 0 Å². The lowest BCUT2D eigenvalue weighted by Gasteiger charge is -2.36. The smallest absolute Gasteiger partial charge is 0.250 e. The van der Waals surface area contributed by atoms with Crippen molar-refractivity contribution in [3.05, 3.63) is 75.8 Å². The number of halogens is 1. The number of hydrogen-bond donors (Lipinski definition) is 1. The second kappa shape index (κ2) is 11.1. The summed E-state index contributed by atoms with van der Waals surface area (Å²) >= 11 is 6.45. The van der Waals surface area contributed by atoms with E-state index in [1.807, 2.05) is 73.2 Å². The van der Waals surface area contributed by atoms with Gasteiger partial charge >= 0.3 is 0 Å². The summed E-state index contributed by atoms with van der Waals surface area (Å²) in [6.07, 6.45) is 3.90. The molecule has 8 heteroatoms. The monoisotopic (exact) mass is 541 g/mol. The largest absolute Gasteiger partial charge is 0.495 e. The first kappa shape index (κ1) is 26.7. The molecule has 1 N–H and O–H groups in total. The molecule has 1 amide bonds. The number of likely N-dealkylation sites (N-methyl/N-ethyl adjacent to an activating group) is 1. The highest BCUT2D eigenvalue weighted by Crippen LogP contribution is 2.43. The zero-order valence-electron chi connectivity index (χ0n) is 22.7. The molecule has 0 aromatic heterocycles. The molecule has 0 radical (unpaired) electrons. The number of methoxy groups -OCH3 is 1. The number of nitrogens with one attached hydrogen (secondary N) is 1. The van der Waals surface area contributed by atoms with Crippen LogP contribution in [0.25, 0.3) is 11.1 Å². The maximum Gasteiger partial charge on any atom is 0.250 e. The van der Waals surface area contributed by atoms with Gasteiger partial charge in [0.25, 0.3) is 0 Å². The molecule has 2 heterocycles. The molecule has 7 nitrogen and oxygen atoms in total. The first-order valence-corrected chi connectivity index (χ1v) is 13.5. The Kier molecular flexibility index (Phi) is 7.60. The Balaban J connectivity index is 1.65. The minimum atomic E-state index is -0.647. The van der Waals surface area contributed by atoms with Gasteiger partial charge in [-0.1, -0.05) is 23.7 Å². The Morgan fingerprint density at radius 2 is 2.05 bits per heavy atom. The number of aliphatic imine (C=N–C) groups is 1. The van der Waals surface area contributed by atoms with Crippen molar-refractivity contribution in [3.8, 4) is 22.9 Å². The average molecular weight is 542 g/mol. The molecule has 0 spiro atoms. The van der Waals surface area contributed by atoms with E-state index < -0.39 is 6.04 Å². The van der Waals surface area contributed by atoms with Crippen LogP contribution >= 0.6 is 11.6 Å². The second-order valence-electron chi connectivity index (χ2n) is 10.3. The minimum absolute atomic E-state index is 0.0266. The molecule has 2 aliphatic rings. The first-order valence-electron chi connectivity index (χ1n) is 13.1. The fourth-order valence-electron chi connectivity index (χ4n) is 5.60. The SMILES string of the molecule is COc1c(C#N)cccc1-c1cc2c(cc1C)N=CN(c1cc(C)cc(Cl)c1)C2C(=O)N(C)C[C@@H]1CCCN1. The van der Waals surface area contributed by atoms with E-state index in [1.54, 1.807) is 19.5 Å². The van der Waals surface area contributed by atoms with Gasteiger partial charge in [-0.15, -0.1) is 0 Å². The van der Waals surface area contributed by atoms with Crippen molar-refractivity contribution in [1.82, 2.24) is 10.2 Å². The molecule has 39 heavy (non-hydrogen) atoms. The Bertz CT molecular complexity index is 1470. The fourth-order valence-corrected chi connectivity index (χ4v) is 5.89. The van der Waals surface area contributed by atoms with Crippen LogP contribution in [0.15, 0.2) is 53.5 Å². The molecule has 5 rings (SSSR count). The number of fused-ring (bicyclic) bond motifs is 1. The van der Waals surface area contributed by atoms with Gasteiger partial charge in [0.1, 0.15) is 17.9 Å². The van der Waals surface area contributed by atoms with Gasteiger partial charge in [-0.2, -0.15) is 5.26 Å².